The second-order valence-corrected chi connectivity index (χ2v) is 13.6. The number of ketones is 1. The number of urea groups is 1. The van der Waals surface area contributed by atoms with E-state index in [9.17, 15) is 14.4 Å². The number of benzene rings is 3. The summed E-state index contributed by atoms with van der Waals surface area (Å²) in [6.45, 7) is 11.2. The number of rotatable bonds is 8. The molecule has 1 aromatic heterocycles. The van der Waals surface area contributed by atoms with Crippen LogP contribution in [0.25, 0.3) is 17.0 Å². The summed E-state index contributed by atoms with van der Waals surface area (Å²) in [5.41, 5.74) is 4.98. The highest BCUT2D eigenvalue weighted by Gasteiger charge is 2.29. The maximum absolute atomic E-state index is 13.7. The van der Waals surface area contributed by atoms with E-state index in [0.717, 1.165) is 80.3 Å². The summed E-state index contributed by atoms with van der Waals surface area (Å²) in [6, 6.07) is 17.5. The Labute approximate surface area is 298 Å². The number of nitrogens with one attached hydrogen (secondary N) is 2. The van der Waals surface area contributed by atoms with Crippen molar-refractivity contribution in [3.8, 4) is 11.5 Å². The lowest BCUT2D eigenvalue weighted by molar-refractivity contribution is 0.0664. The Morgan fingerprint density at radius 1 is 0.824 bits per heavy atom. The van der Waals surface area contributed by atoms with E-state index in [-0.39, 0.29) is 17.4 Å². The first-order chi connectivity index (χ1) is 24.7. The van der Waals surface area contributed by atoms with Crippen molar-refractivity contribution < 1.29 is 23.9 Å². The van der Waals surface area contributed by atoms with Crippen LogP contribution in [0.2, 0.25) is 0 Å². The van der Waals surface area contributed by atoms with Crippen LogP contribution in [0.1, 0.15) is 32.0 Å². The predicted octanol–water partition coefficient (Wildman–Crippen LogP) is 4.85. The van der Waals surface area contributed by atoms with Gasteiger partial charge in [-0.15, -0.1) is 0 Å². The van der Waals surface area contributed by atoms with E-state index in [0.29, 0.717) is 41.3 Å². The monoisotopic (exact) mass is 691 g/mol. The van der Waals surface area contributed by atoms with E-state index in [1.54, 1.807) is 49.6 Å². The molecule has 3 aliphatic rings. The van der Waals surface area contributed by atoms with Crippen LogP contribution in [-0.4, -0.2) is 122 Å². The molecule has 3 aromatic carbocycles. The average Bonchev–Trinajstić information content (AvgIpc) is 3.59. The number of fused-ring (bicyclic) bond motifs is 2. The van der Waals surface area contributed by atoms with Crippen molar-refractivity contribution in [2.75, 3.05) is 90.7 Å². The quantitative estimate of drug-likeness (QED) is 0.253. The van der Waals surface area contributed by atoms with Gasteiger partial charge in [0.25, 0.3) is 5.91 Å². The fourth-order valence-electron chi connectivity index (χ4n) is 6.98. The van der Waals surface area contributed by atoms with Gasteiger partial charge in [-0.25, -0.2) is 4.79 Å². The Morgan fingerprint density at radius 2 is 1.49 bits per heavy atom. The number of anilines is 2. The van der Waals surface area contributed by atoms with E-state index >= 15 is 0 Å². The summed E-state index contributed by atoms with van der Waals surface area (Å²) in [5.74, 6) is 1.13. The Kier molecular flexibility index (Phi) is 9.81. The first kappa shape index (κ1) is 34.3. The van der Waals surface area contributed by atoms with Gasteiger partial charge in [0, 0.05) is 105 Å². The van der Waals surface area contributed by atoms with E-state index in [1.807, 2.05) is 30.2 Å². The van der Waals surface area contributed by atoms with E-state index in [2.05, 4.69) is 49.9 Å². The molecule has 0 radical (unpaired) electrons. The van der Waals surface area contributed by atoms with Gasteiger partial charge in [-0.3, -0.25) is 14.5 Å². The van der Waals surface area contributed by atoms with Gasteiger partial charge in [0.15, 0.2) is 5.76 Å². The zero-order valence-electron chi connectivity index (χ0n) is 29.7. The van der Waals surface area contributed by atoms with Crippen LogP contribution in [0, 0.1) is 6.92 Å². The third-order valence-corrected chi connectivity index (χ3v) is 10.2. The number of carbonyl (C=O) groups is 3. The average molecular weight is 692 g/mol. The molecular weight excluding hydrogens is 646 g/mol. The zero-order chi connectivity index (χ0) is 35.6. The molecule has 2 fully saturated rings. The molecule has 12 heteroatoms. The Morgan fingerprint density at radius 3 is 2.20 bits per heavy atom. The number of aromatic nitrogens is 1. The van der Waals surface area contributed by atoms with Gasteiger partial charge in [0.2, 0.25) is 5.78 Å². The van der Waals surface area contributed by atoms with Crippen LogP contribution in [0.4, 0.5) is 16.2 Å². The first-order valence-corrected chi connectivity index (χ1v) is 17.5. The highest BCUT2D eigenvalue weighted by Crippen LogP contribution is 2.37. The molecule has 0 saturated carbocycles. The molecule has 0 atom stereocenters. The van der Waals surface area contributed by atoms with Crippen molar-refractivity contribution in [3.05, 3.63) is 88.8 Å². The third kappa shape index (κ3) is 7.34. The number of methoxy groups -OCH3 is 1. The molecule has 0 spiro atoms. The Hall–Kier alpha value is -5.17. The largest absolute Gasteiger partial charge is 0.497 e. The molecule has 3 amide bonds. The van der Waals surface area contributed by atoms with Crippen LogP contribution in [0.5, 0.6) is 11.5 Å². The number of Topliss-reactive ketones (excluding diaryl/α,β-unsaturated/α-hetero) is 1. The maximum atomic E-state index is 13.7. The Bertz CT molecular complexity index is 1990. The smallest absolute Gasteiger partial charge is 0.323 e. The van der Waals surface area contributed by atoms with Crippen molar-refractivity contribution in [1.29, 1.82) is 0 Å². The second kappa shape index (κ2) is 14.6. The number of likely N-dealkylation sites (N-methyl/N-ethyl adjacent to an activating group) is 2. The summed E-state index contributed by atoms with van der Waals surface area (Å²) in [6.07, 6.45) is 1.82. The second-order valence-electron chi connectivity index (χ2n) is 13.6. The number of piperazine rings is 2. The van der Waals surface area contributed by atoms with Crippen LogP contribution < -0.4 is 20.1 Å². The summed E-state index contributed by atoms with van der Waals surface area (Å²) >= 11 is 0. The van der Waals surface area contributed by atoms with Gasteiger partial charge < -0.3 is 39.4 Å². The Balaban J connectivity index is 1.04. The number of hydrogen-bond donors (Lipinski definition) is 2. The van der Waals surface area contributed by atoms with E-state index in [1.165, 1.54) is 0 Å². The van der Waals surface area contributed by atoms with Gasteiger partial charge in [-0.1, -0.05) is 0 Å². The summed E-state index contributed by atoms with van der Waals surface area (Å²) < 4.78 is 14.0. The molecule has 2 saturated heterocycles. The zero-order valence-corrected chi connectivity index (χ0v) is 29.7. The highest BCUT2D eigenvalue weighted by molar-refractivity contribution is 6.16. The van der Waals surface area contributed by atoms with Crippen LogP contribution >= 0.6 is 0 Å². The molecule has 12 nitrogen and oxygen atoms in total. The molecule has 4 heterocycles. The molecule has 266 valence electrons. The van der Waals surface area contributed by atoms with Crippen molar-refractivity contribution in [2.45, 2.75) is 13.5 Å². The lowest BCUT2D eigenvalue weighted by Crippen LogP contribution is -2.47. The molecular formula is C39H45N7O5. The van der Waals surface area contributed by atoms with Crippen molar-refractivity contribution in [2.24, 2.45) is 0 Å². The molecule has 4 aromatic rings. The standard InChI is InChI=1S/C39H45N7O5/c1-26-31(32-24-30(50-4)10-11-34(32)46(26)22-19-44-17-13-42(2)14-18-44)25-36-37(47)33-23-29(9-12-35(33)51-36)41-39(49)40-28-7-5-27(6-8-28)38(48)45-20-15-43(3)16-21-45/h5-12,23-25H,13-22H2,1-4H3,(H2,40,41,49). The number of ether oxygens (including phenoxy) is 2. The lowest BCUT2D eigenvalue weighted by Gasteiger charge is -2.32. The normalized spacial score (nSPS) is 17.8. The maximum Gasteiger partial charge on any atom is 0.323 e. The number of allylic oxidation sites excluding steroid dienone is 1. The predicted molar refractivity (Wildman–Crippen MR) is 199 cm³/mol. The summed E-state index contributed by atoms with van der Waals surface area (Å²) in [7, 11) is 5.86. The van der Waals surface area contributed by atoms with Crippen LogP contribution in [-0.2, 0) is 6.54 Å². The van der Waals surface area contributed by atoms with E-state index < -0.39 is 6.03 Å². The van der Waals surface area contributed by atoms with Crippen LogP contribution in [0.3, 0.4) is 0 Å². The number of nitrogens with zero attached hydrogens (tertiary/aromatic N) is 5. The van der Waals surface area contributed by atoms with Crippen molar-refractivity contribution >= 4 is 46.1 Å². The number of amides is 3. The number of carbonyl (C=O) groups excluding carboxylic acids is 3. The van der Waals surface area contributed by atoms with Crippen molar-refractivity contribution in [3.63, 3.8) is 0 Å². The minimum atomic E-state index is -0.468. The third-order valence-electron chi connectivity index (χ3n) is 10.2. The van der Waals surface area contributed by atoms with Gasteiger partial charge in [0.05, 0.1) is 12.7 Å². The summed E-state index contributed by atoms with van der Waals surface area (Å²) in [4.78, 5) is 48.4. The van der Waals surface area contributed by atoms with Gasteiger partial charge in [-0.2, -0.15) is 0 Å². The topological polar surface area (TPSA) is 112 Å². The molecule has 3 aliphatic heterocycles. The molecule has 0 unspecified atom stereocenters. The SMILES string of the molecule is COc1ccc2c(c1)c(C=C1Oc3ccc(NC(=O)Nc4ccc(C(=O)N5CCN(C)CC5)cc4)cc3C1=O)c(C)n2CCN1CCN(C)CC1. The number of hydrogen-bond acceptors (Lipinski definition) is 8. The minimum Gasteiger partial charge on any atom is -0.497 e. The molecule has 7 rings (SSSR count). The fraction of sp³-hybridized carbons (Fsp3) is 0.359. The minimum absolute atomic E-state index is 0.0144. The van der Waals surface area contributed by atoms with Gasteiger partial charge in [0.1, 0.15) is 11.5 Å². The van der Waals surface area contributed by atoms with E-state index in [4.69, 9.17) is 9.47 Å². The lowest BCUT2D eigenvalue weighted by atomic mass is 10.1. The first-order valence-electron chi connectivity index (χ1n) is 17.5. The fourth-order valence-corrected chi connectivity index (χ4v) is 6.98. The molecule has 51 heavy (non-hydrogen) atoms. The molecule has 0 aliphatic carbocycles. The molecule has 0 bridgehead atoms. The molecule has 2 N–H and O–H groups in total. The summed E-state index contributed by atoms with van der Waals surface area (Å²) in [5, 5.41) is 6.60. The van der Waals surface area contributed by atoms with Gasteiger partial charge >= 0.3 is 6.03 Å². The van der Waals surface area contributed by atoms with Crippen LogP contribution in [0.15, 0.2) is 66.4 Å². The van der Waals surface area contributed by atoms with Gasteiger partial charge in [-0.05, 0) is 87.8 Å². The van der Waals surface area contributed by atoms with Crippen molar-refractivity contribution in [1.82, 2.24) is 24.2 Å². The highest BCUT2D eigenvalue weighted by atomic mass is 16.5.